The van der Waals surface area contributed by atoms with Crippen LogP contribution in [-0.4, -0.2) is 24.3 Å². The zero-order chi connectivity index (χ0) is 15.2. The number of aryl methyl sites for hydroxylation is 1. The summed E-state index contributed by atoms with van der Waals surface area (Å²) in [6.45, 7) is 2.09. The predicted octanol–water partition coefficient (Wildman–Crippen LogP) is 2.94. The molecular formula is C17H21NO3. The fourth-order valence-electron chi connectivity index (χ4n) is 2.16. The number of ether oxygens (including phenoxy) is 2. The van der Waals surface area contributed by atoms with Crippen LogP contribution in [0.2, 0.25) is 0 Å². The van der Waals surface area contributed by atoms with Gasteiger partial charge in [0.05, 0.1) is 20.3 Å². The van der Waals surface area contributed by atoms with Gasteiger partial charge >= 0.3 is 0 Å². The maximum absolute atomic E-state index is 10.3. The first-order valence-electron chi connectivity index (χ1n) is 7.01. The molecule has 0 saturated carbocycles. The second-order valence-electron chi connectivity index (χ2n) is 4.85. The molecule has 1 N–H and O–H groups in total. The Morgan fingerprint density at radius 3 is 2.43 bits per heavy atom. The highest BCUT2D eigenvalue weighted by molar-refractivity contribution is 5.43. The number of aliphatic hydroxyl groups excluding tert-OH is 1. The Bertz CT molecular complexity index is 581. The van der Waals surface area contributed by atoms with E-state index in [-0.39, 0.29) is 0 Å². The molecule has 0 bridgehead atoms. The molecule has 0 saturated heterocycles. The number of nitrogens with zero attached hydrogens (tertiary/aromatic N) is 1. The molecule has 1 atom stereocenters. The molecule has 4 nitrogen and oxygen atoms in total. The molecule has 0 amide bonds. The Morgan fingerprint density at radius 2 is 1.86 bits per heavy atom. The van der Waals surface area contributed by atoms with Gasteiger partial charge in [-0.25, -0.2) is 0 Å². The van der Waals surface area contributed by atoms with Gasteiger partial charge in [-0.2, -0.15) is 0 Å². The molecule has 0 fully saturated rings. The molecule has 0 aliphatic carbocycles. The minimum atomic E-state index is -0.621. The lowest BCUT2D eigenvalue weighted by atomic mass is 10.0. The van der Waals surface area contributed by atoms with E-state index in [0.29, 0.717) is 17.9 Å². The molecule has 2 rings (SSSR count). The van der Waals surface area contributed by atoms with E-state index in [1.165, 1.54) is 5.56 Å². The lowest BCUT2D eigenvalue weighted by Crippen LogP contribution is -2.04. The van der Waals surface area contributed by atoms with Gasteiger partial charge in [-0.1, -0.05) is 19.1 Å². The van der Waals surface area contributed by atoms with E-state index in [2.05, 4.69) is 11.9 Å². The second kappa shape index (κ2) is 7.09. The summed E-state index contributed by atoms with van der Waals surface area (Å²) in [6.07, 6.45) is 2.67. The normalized spacial score (nSPS) is 12.0. The summed E-state index contributed by atoms with van der Waals surface area (Å²) in [5, 5.41) is 10.3. The Labute approximate surface area is 125 Å². The second-order valence-corrected chi connectivity index (χ2v) is 4.85. The van der Waals surface area contributed by atoms with Crippen molar-refractivity contribution < 1.29 is 14.6 Å². The average molecular weight is 287 g/mol. The first kappa shape index (κ1) is 15.3. The van der Waals surface area contributed by atoms with Crippen molar-refractivity contribution in [2.75, 3.05) is 14.2 Å². The van der Waals surface area contributed by atoms with E-state index >= 15 is 0 Å². The highest BCUT2D eigenvalue weighted by atomic mass is 16.5. The van der Waals surface area contributed by atoms with Gasteiger partial charge in [0.1, 0.15) is 0 Å². The molecule has 112 valence electrons. The van der Waals surface area contributed by atoms with Gasteiger partial charge in [-0.15, -0.1) is 0 Å². The lowest BCUT2D eigenvalue weighted by Gasteiger charge is -2.14. The lowest BCUT2D eigenvalue weighted by molar-refractivity contribution is 0.176. The standard InChI is InChI=1S/C17H21NO3/c1-4-12-5-7-14(18-11-12)10-15(19)13-6-8-16(20-2)17(9-13)21-3/h5-9,11,15,19H,4,10H2,1-3H3. The maximum atomic E-state index is 10.3. The summed E-state index contributed by atoms with van der Waals surface area (Å²) < 4.78 is 10.5. The maximum Gasteiger partial charge on any atom is 0.161 e. The predicted molar refractivity (Wildman–Crippen MR) is 81.8 cm³/mol. The van der Waals surface area contributed by atoms with Crippen LogP contribution >= 0.6 is 0 Å². The highest BCUT2D eigenvalue weighted by Gasteiger charge is 2.13. The minimum absolute atomic E-state index is 0.472. The molecule has 0 aliphatic heterocycles. The SMILES string of the molecule is CCc1ccc(CC(O)c2ccc(OC)c(OC)c2)nc1. The minimum Gasteiger partial charge on any atom is -0.493 e. The van der Waals surface area contributed by atoms with Gasteiger partial charge in [0.15, 0.2) is 11.5 Å². The highest BCUT2D eigenvalue weighted by Crippen LogP contribution is 2.30. The third-order valence-corrected chi connectivity index (χ3v) is 3.49. The third kappa shape index (κ3) is 3.73. The van der Waals surface area contributed by atoms with E-state index in [9.17, 15) is 5.11 Å². The number of aliphatic hydroxyl groups is 1. The zero-order valence-electron chi connectivity index (χ0n) is 12.7. The molecule has 1 aromatic heterocycles. The molecule has 1 unspecified atom stereocenters. The van der Waals surface area contributed by atoms with Crippen LogP contribution in [0.3, 0.4) is 0 Å². The largest absolute Gasteiger partial charge is 0.493 e. The summed E-state index contributed by atoms with van der Waals surface area (Å²) in [5.74, 6) is 1.27. The van der Waals surface area contributed by atoms with Crippen molar-refractivity contribution >= 4 is 0 Å². The molecule has 1 heterocycles. The zero-order valence-corrected chi connectivity index (χ0v) is 12.7. The van der Waals surface area contributed by atoms with Crippen molar-refractivity contribution in [1.82, 2.24) is 4.98 Å². The van der Waals surface area contributed by atoms with Crippen LogP contribution in [0.4, 0.5) is 0 Å². The first-order valence-corrected chi connectivity index (χ1v) is 7.01. The number of hydrogen-bond donors (Lipinski definition) is 1. The summed E-state index contributed by atoms with van der Waals surface area (Å²) in [7, 11) is 3.17. The Kier molecular flexibility index (Phi) is 5.17. The topological polar surface area (TPSA) is 51.6 Å². The molecule has 0 radical (unpaired) electrons. The van der Waals surface area contributed by atoms with Crippen LogP contribution in [0.5, 0.6) is 11.5 Å². The number of aromatic nitrogens is 1. The smallest absolute Gasteiger partial charge is 0.161 e. The van der Waals surface area contributed by atoms with Gasteiger partial charge in [-0.05, 0) is 35.7 Å². The molecule has 4 heteroatoms. The Balaban J connectivity index is 2.13. The van der Waals surface area contributed by atoms with Gasteiger partial charge in [-0.3, -0.25) is 4.98 Å². The Morgan fingerprint density at radius 1 is 1.10 bits per heavy atom. The fraction of sp³-hybridized carbons (Fsp3) is 0.353. The molecule has 0 aliphatic rings. The quantitative estimate of drug-likeness (QED) is 0.887. The Hall–Kier alpha value is -2.07. The number of rotatable bonds is 6. The molecule has 2 aromatic rings. The van der Waals surface area contributed by atoms with Gasteiger partial charge in [0.2, 0.25) is 0 Å². The number of pyridine rings is 1. The van der Waals surface area contributed by atoms with Crippen LogP contribution in [0.15, 0.2) is 36.5 Å². The number of benzene rings is 1. The van der Waals surface area contributed by atoms with E-state index in [0.717, 1.165) is 17.7 Å². The van der Waals surface area contributed by atoms with Crippen LogP contribution in [0, 0.1) is 0 Å². The van der Waals surface area contributed by atoms with Crippen LogP contribution in [0.25, 0.3) is 0 Å². The molecule has 1 aromatic carbocycles. The van der Waals surface area contributed by atoms with Gasteiger partial charge in [0.25, 0.3) is 0 Å². The number of hydrogen-bond acceptors (Lipinski definition) is 4. The molecule has 0 spiro atoms. The first-order chi connectivity index (χ1) is 10.2. The van der Waals surface area contributed by atoms with Gasteiger partial charge < -0.3 is 14.6 Å². The van der Waals surface area contributed by atoms with E-state index < -0.39 is 6.10 Å². The molecule has 21 heavy (non-hydrogen) atoms. The summed E-state index contributed by atoms with van der Waals surface area (Å²) in [4.78, 5) is 4.38. The fourth-order valence-corrected chi connectivity index (χ4v) is 2.16. The average Bonchev–Trinajstić information content (AvgIpc) is 2.54. The van der Waals surface area contributed by atoms with E-state index in [4.69, 9.17) is 9.47 Å². The summed E-state index contributed by atoms with van der Waals surface area (Å²) in [6, 6.07) is 9.44. The van der Waals surface area contributed by atoms with Crippen LogP contribution in [0.1, 0.15) is 29.8 Å². The molecular weight excluding hydrogens is 266 g/mol. The summed E-state index contributed by atoms with van der Waals surface area (Å²) in [5.41, 5.74) is 2.85. The van der Waals surface area contributed by atoms with Crippen LogP contribution in [-0.2, 0) is 12.8 Å². The monoisotopic (exact) mass is 287 g/mol. The van der Waals surface area contributed by atoms with Crippen molar-refractivity contribution in [2.24, 2.45) is 0 Å². The van der Waals surface area contributed by atoms with Crippen molar-refractivity contribution in [1.29, 1.82) is 0 Å². The van der Waals surface area contributed by atoms with E-state index in [1.54, 1.807) is 26.4 Å². The van der Waals surface area contributed by atoms with Crippen molar-refractivity contribution in [2.45, 2.75) is 25.9 Å². The summed E-state index contributed by atoms with van der Waals surface area (Å²) >= 11 is 0. The van der Waals surface area contributed by atoms with Crippen LogP contribution < -0.4 is 9.47 Å². The number of methoxy groups -OCH3 is 2. The van der Waals surface area contributed by atoms with Crippen molar-refractivity contribution in [3.63, 3.8) is 0 Å². The van der Waals surface area contributed by atoms with Crippen molar-refractivity contribution in [3.8, 4) is 11.5 Å². The third-order valence-electron chi connectivity index (χ3n) is 3.49. The van der Waals surface area contributed by atoms with Crippen molar-refractivity contribution in [3.05, 3.63) is 53.3 Å². The van der Waals surface area contributed by atoms with E-state index in [1.807, 2.05) is 24.4 Å². The van der Waals surface area contributed by atoms with Gasteiger partial charge in [0, 0.05) is 18.3 Å².